The normalized spacial score (nSPS) is 11.7. The summed E-state index contributed by atoms with van der Waals surface area (Å²) in [7, 11) is 0. The Hall–Kier alpha value is -13.8. The van der Waals surface area contributed by atoms with Gasteiger partial charge in [0.1, 0.15) is 0 Å². The number of rotatable bonds is 12. The SMILES string of the molecule is Cc1cccc(-c2c3ccccc3c(-c3ccc(-n4c5ccccc5c5cc(N(c6ccccc6)c6cccc(C)c6)ccc54)cc3)c3ccccc23)c1.Cc1cccc(N(c2ccccc2)c2ccc3c(c2)c2ccccc2n3-c2ccc(-c3c4ccccc4c(-c4ccc(C(C)(C)C)cc4)c4ccccc34)cc2)c1. The second-order valence-corrected chi connectivity index (χ2v) is 30.6. The van der Waals surface area contributed by atoms with Crippen LogP contribution in [0.1, 0.15) is 43.0 Å². The lowest BCUT2D eigenvalue weighted by Crippen LogP contribution is -2.10. The van der Waals surface area contributed by atoms with E-state index in [2.05, 4.69) is 449 Å². The second-order valence-electron chi connectivity index (χ2n) is 30.6. The van der Waals surface area contributed by atoms with Crippen molar-refractivity contribution in [3.8, 4) is 55.9 Å². The molecule has 0 spiro atoms. The maximum atomic E-state index is 2.41. The minimum absolute atomic E-state index is 0.103. The van der Waals surface area contributed by atoms with Gasteiger partial charge in [-0.1, -0.05) is 293 Å². The average molecular weight is 1420 g/mol. The van der Waals surface area contributed by atoms with E-state index in [4.69, 9.17) is 0 Å². The molecule has 0 amide bonds. The van der Waals surface area contributed by atoms with Gasteiger partial charge in [0.05, 0.1) is 22.1 Å². The molecule has 4 heteroatoms. The molecule has 0 saturated heterocycles. The summed E-state index contributed by atoms with van der Waals surface area (Å²) in [5.74, 6) is 0. The van der Waals surface area contributed by atoms with Crippen molar-refractivity contribution in [3.63, 3.8) is 0 Å². The molecule has 111 heavy (non-hydrogen) atoms. The van der Waals surface area contributed by atoms with Crippen molar-refractivity contribution >= 4 is 121 Å². The highest BCUT2D eigenvalue weighted by Crippen LogP contribution is 2.49. The quantitative estimate of drug-likeness (QED) is 0.113. The number of para-hydroxylation sites is 4. The molecular formula is C107H82N4. The van der Waals surface area contributed by atoms with E-state index < -0.39 is 0 Å². The molecule has 0 unspecified atom stereocenters. The van der Waals surface area contributed by atoms with Gasteiger partial charge in [0.2, 0.25) is 0 Å². The largest absolute Gasteiger partial charge is 0.310 e. The Balaban J connectivity index is 0.000000150. The number of nitrogens with zero attached hydrogens (tertiary/aromatic N) is 4. The minimum Gasteiger partial charge on any atom is -0.310 e. The number of anilines is 6. The lowest BCUT2D eigenvalue weighted by Gasteiger charge is -2.26. The lowest BCUT2D eigenvalue weighted by molar-refractivity contribution is 0.590. The Bertz CT molecular complexity index is 6820. The van der Waals surface area contributed by atoms with E-state index in [1.807, 2.05) is 0 Å². The van der Waals surface area contributed by atoms with E-state index in [9.17, 15) is 0 Å². The van der Waals surface area contributed by atoms with E-state index in [1.165, 1.54) is 153 Å². The number of hydrogen-bond donors (Lipinski definition) is 0. The molecule has 0 fully saturated rings. The molecule has 0 atom stereocenters. The smallest absolute Gasteiger partial charge is 0.0542 e. The Morgan fingerprint density at radius 2 is 0.477 bits per heavy atom. The van der Waals surface area contributed by atoms with Crippen LogP contribution in [0.5, 0.6) is 0 Å². The molecule has 2 aromatic heterocycles. The number of benzene rings is 18. The van der Waals surface area contributed by atoms with Crippen molar-refractivity contribution in [2.45, 2.75) is 47.0 Å². The third-order valence-corrected chi connectivity index (χ3v) is 22.4. The van der Waals surface area contributed by atoms with Crippen LogP contribution >= 0.6 is 0 Å². The third-order valence-electron chi connectivity index (χ3n) is 22.4. The van der Waals surface area contributed by atoms with Crippen molar-refractivity contribution in [1.82, 2.24) is 9.13 Å². The van der Waals surface area contributed by atoms with Crippen molar-refractivity contribution in [2.75, 3.05) is 9.80 Å². The van der Waals surface area contributed by atoms with Crippen LogP contribution in [0.15, 0.2) is 388 Å². The molecule has 0 aliphatic heterocycles. The van der Waals surface area contributed by atoms with Crippen molar-refractivity contribution in [1.29, 1.82) is 0 Å². The van der Waals surface area contributed by atoms with Crippen LogP contribution in [0.4, 0.5) is 34.1 Å². The molecule has 530 valence electrons. The van der Waals surface area contributed by atoms with E-state index in [0.29, 0.717) is 0 Å². The second kappa shape index (κ2) is 28.1. The fourth-order valence-electron chi connectivity index (χ4n) is 17.3. The molecule has 0 bridgehead atoms. The van der Waals surface area contributed by atoms with E-state index >= 15 is 0 Å². The zero-order chi connectivity index (χ0) is 74.8. The fraction of sp³-hybridized carbons (Fsp3) is 0.0654. The number of aromatic nitrogens is 2. The van der Waals surface area contributed by atoms with Gasteiger partial charge in [-0.25, -0.2) is 0 Å². The fourth-order valence-corrected chi connectivity index (χ4v) is 17.3. The molecule has 20 rings (SSSR count). The monoisotopic (exact) mass is 1420 g/mol. The molecule has 4 nitrogen and oxygen atoms in total. The summed E-state index contributed by atoms with van der Waals surface area (Å²) in [6, 6.07) is 142. The highest BCUT2D eigenvalue weighted by atomic mass is 15.1. The van der Waals surface area contributed by atoms with Crippen LogP contribution in [0.25, 0.3) is 143 Å². The zero-order valence-electron chi connectivity index (χ0n) is 63.2. The minimum atomic E-state index is 0.103. The van der Waals surface area contributed by atoms with Crippen molar-refractivity contribution in [2.24, 2.45) is 0 Å². The lowest BCUT2D eigenvalue weighted by atomic mass is 9.83. The summed E-state index contributed by atoms with van der Waals surface area (Å²) in [6.45, 7) is 13.3. The summed E-state index contributed by atoms with van der Waals surface area (Å²) < 4.78 is 4.83. The summed E-state index contributed by atoms with van der Waals surface area (Å²) in [6.07, 6.45) is 0. The first-order valence-corrected chi connectivity index (χ1v) is 38.6. The highest BCUT2D eigenvalue weighted by Gasteiger charge is 2.24. The number of aryl methyl sites for hydroxylation is 3. The third kappa shape index (κ3) is 12.2. The highest BCUT2D eigenvalue weighted by molar-refractivity contribution is 6.23. The van der Waals surface area contributed by atoms with Crippen LogP contribution in [0.3, 0.4) is 0 Å². The molecule has 18 aromatic carbocycles. The van der Waals surface area contributed by atoms with Gasteiger partial charge in [-0.05, 0) is 252 Å². The molecule has 2 heterocycles. The number of fused-ring (bicyclic) bond motifs is 10. The molecular weight excluding hydrogens is 1340 g/mol. The van der Waals surface area contributed by atoms with Gasteiger partial charge in [0.15, 0.2) is 0 Å². The van der Waals surface area contributed by atoms with Gasteiger partial charge in [0, 0.05) is 67.0 Å². The predicted molar refractivity (Wildman–Crippen MR) is 476 cm³/mol. The van der Waals surface area contributed by atoms with E-state index in [0.717, 1.165) is 45.5 Å². The summed E-state index contributed by atoms with van der Waals surface area (Å²) in [4.78, 5) is 4.71. The first kappa shape index (κ1) is 67.8. The summed E-state index contributed by atoms with van der Waals surface area (Å²) in [5.41, 5.74) is 29.1. The van der Waals surface area contributed by atoms with Gasteiger partial charge in [-0.3, -0.25) is 0 Å². The molecule has 0 N–H and O–H groups in total. The zero-order valence-corrected chi connectivity index (χ0v) is 63.2. The molecule has 0 saturated carbocycles. The first-order valence-electron chi connectivity index (χ1n) is 38.6. The van der Waals surface area contributed by atoms with Gasteiger partial charge >= 0.3 is 0 Å². The van der Waals surface area contributed by atoms with Crippen molar-refractivity contribution < 1.29 is 0 Å². The first-order chi connectivity index (χ1) is 54.4. The summed E-state index contributed by atoms with van der Waals surface area (Å²) in [5, 5.41) is 15.1. The van der Waals surface area contributed by atoms with Crippen LogP contribution < -0.4 is 9.80 Å². The summed E-state index contributed by atoms with van der Waals surface area (Å²) >= 11 is 0. The number of hydrogen-bond acceptors (Lipinski definition) is 2. The Labute approximate surface area is 648 Å². The van der Waals surface area contributed by atoms with Crippen molar-refractivity contribution in [3.05, 3.63) is 411 Å². The van der Waals surface area contributed by atoms with E-state index in [1.54, 1.807) is 0 Å². The average Bonchev–Trinajstić information content (AvgIpc) is 1.73. The van der Waals surface area contributed by atoms with Gasteiger partial charge in [0.25, 0.3) is 0 Å². The topological polar surface area (TPSA) is 16.3 Å². The molecule has 20 aromatic rings. The standard InChI is InChI=1S/C55H44N2.C52H38N2/c1-37-15-14-18-43(35-37)56(41-16-6-5-7-17-41)44-33-34-52-50(36-44)45-19-12-13-24-51(45)57(52)42-31-27-39(28-32-42)54-48-22-10-8-20-46(48)53(47-21-9-11-23-49(47)54)38-25-29-40(30-26-38)55(2,3)4;1-35-14-12-16-38(32-35)52-46-23-8-6-21-44(46)51(45-22-7-9-24-47(45)52)37-26-28-40(29-27-37)54-49-25-11-10-20-43(49)48-34-42(30-31-50(48)54)53(39-17-4-3-5-18-39)41-19-13-15-36(2)33-41/h5-36H,1-4H3;3-34H,1-2H3. The maximum absolute atomic E-state index is 2.41. The Morgan fingerprint density at radius 1 is 0.198 bits per heavy atom. The van der Waals surface area contributed by atoms with Crippen LogP contribution in [-0.4, -0.2) is 9.13 Å². The van der Waals surface area contributed by atoms with Crippen LogP contribution in [0, 0.1) is 20.8 Å². The molecule has 0 aliphatic rings. The van der Waals surface area contributed by atoms with Crippen LogP contribution in [-0.2, 0) is 5.41 Å². The van der Waals surface area contributed by atoms with E-state index in [-0.39, 0.29) is 5.41 Å². The maximum Gasteiger partial charge on any atom is 0.0542 e. The van der Waals surface area contributed by atoms with Gasteiger partial charge in [-0.15, -0.1) is 0 Å². The molecule has 0 radical (unpaired) electrons. The Morgan fingerprint density at radius 3 is 0.820 bits per heavy atom. The van der Waals surface area contributed by atoms with Gasteiger partial charge in [-0.2, -0.15) is 0 Å². The predicted octanol–water partition coefficient (Wildman–Crippen LogP) is 30.0. The Kier molecular flexibility index (Phi) is 17.1. The van der Waals surface area contributed by atoms with Crippen LogP contribution in [0.2, 0.25) is 0 Å². The molecule has 0 aliphatic carbocycles. The van der Waals surface area contributed by atoms with Gasteiger partial charge < -0.3 is 18.9 Å².